The number of rotatable bonds is 2. The lowest BCUT2D eigenvalue weighted by molar-refractivity contribution is 0.103. The van der Waals surface area contributed by atoms with Crippen LogP contribution in [-0.4, -0.2) is 10.4 Å². The van der Waals surface area contributed by atoms with Gasteiger partial charge in [-0.1, -0.05) is 29.8 Å². The summed E-state index contributed by atoms with van der Waals surface area (Å²) in [4.78, 5) is 12.2. The molecular weight excluding hydrogens is 198 g/mol. The first kappa shape index (κ1) is 10.7. The van der Waals surface area contributed by atoms with Crippen molar-refractivity contribution in [2.45, 2.75) is 13.8 Å². The number of carbonyl (C=O) groups excluding carboxylic acids is 1. The molecule has 0 atom stereocenters. The summed E-state index contributed by atoms with van der Waals surface area (Å²) < 4.78 is 1.87. The minimum Gasteiger partial charge on any atom is -0.348 e. The van der Waals surface area contributed by atoms with Crippen molar-refractivity contribution in [3.63, 3.8) is 0 Å². The molecule has 0 aliphatic heterocycles. The topological polar surface area (TPSA) is 22.0 Å². The van der Waals surface area contributed by atoms with Crippen LogP contribution in [0.2, 0.25) is 0 Å². The third kappa shape index (κ3) is 1.91. The Balaban J connectivity index is 2.39. The van der Waals surface area contributed by atoms with Gasteiger partial charge in [-0.3, -0.25) is 4.79 Å². The lowest BCUT2D eigenvalue weighted by Crippen LogP contribution is -2.06. The summed E-state index contributed by atoms with van der Waals surface area (Å²) in [6.45, 7) is 4.01. The first-order valence-corrected chi connectivity index (χ1v) is 5.32. The summed E-state index contributed by atoms with van der Waals surface area (Å²) in [5, 5.41) is 0. The van der Waals surface area contributed by atoms with Gasteiger partial charge in [0.2, 0.25) is 5.78 Å². The number of benzene rings is 1. The second-order valence-electron chi connectivity index (χ2n) is 4.21. The molecule has 0 saturated carbocycles. The van der Waals surface area contributed by atoms with E-state index in [1.54, 1.807) is 0 Å². The molecule has 2 aromatic rings. The van der Waals surface area contributed by atoms with Crippen LogP contribution in [0.15, 0.2) is 36.5 Å². The van der Waals surface area contributed by atoms with E-state index in [-0.39, 0.29) is 5.78 Å². The van der Waals surface area contributed by atoms with E-state index in [1.165, 1.54) is 5.56 Å². The highest BCUT2D eigenvalue weighted by Crippen LogP contribution is 2.13. The summed E-state index contributed by atoms with van der Waals surface area (Å²) in [6, 6.07) is 9.59. The average Bonchev–Trinajstić information content (AvgIpc) is 2.58. The fourth-order valence-corrected chi connectivity index (χ4v) is 1.81. The predicted octanol–water partition coefficient (Wildman–Crippen LogP) is 2.87. The lowest BCUT2D eigenvalue weighted by atomic mass is 10.1. The van der Waals surface area contributed by atoms with Crippen molar-refractivity contribution >= 4 is 5.78 Å². The number of aryl methyl sites for hydroxylation is 3. The van der Waals surface area contributed by atoms with E-state index < -0.39 is 0 Å². The van der Waals surface area contributed by atoms with Crippen LogP contribution >= 0.6 is 0 Å². The summed E-state index contributed by atoms with van der Waals surface area (Å²) in [5.74, 6) is 0.0793. The van der Waals surface area contributed by atoms with E-state index >= 15 is 0 Å². The molecule has 0 N–H and O–H groups in total. The van der Waals surface area contributed by atoms with Gasteiger partial charge in [0.05, 0.1) is 5.69 Å². The van der Waals surface area contributed by atoms with Crippen molar-refractivity contribution in [3.05, 3.63) is 58.9 Å². The lowest BCUT2D eigenvalue weighted by Gasteiger charge is -2.02. The molecule has 0 aliphatic carbocycles. The Kier molecular flexibility index (Phi) is 2.65. The number of aromatic nitrogens is 1. The Bertz CT molecular complexity index is 520. The molecule has 2 heteroatoms. The molecule has 2 rings (SSSR count). The SMILES string of the molecule is Cc1ccc(C(=O)c2cc(C)cn2C)cc1. The second-order valence-corrected chi connectivity index (χ2v) is 4.21. The molecule has 0 amide bonds. The van der Waals surface area contributed by atoms with Crippen LogP contribution in [0.25, 0.3) is 0 Å². The van der Waals surface area contributed by atoms with E-state index in [2.05, 4.69) is 0 Å². The Morgan fingerprint density at radius 3 is 2.19 bits per heavy atom. The van der Waals surface area contributed by atoms with Gasteiger partial charge >= 0.3 is 0 Å². The Hall–Kier alpha value is -1.83. The molecule has 16 heavy (non-hydrogen) atoms. The third-order valence-corrected chi connectivity index (χ3v) is 2.69. The third-order valence-electron chi connectivity index (χ3n) is 2.69. The molecule has 1 heterocycles. The monoisotopic (exact) mass is 213 g/mol. The van der Waals surface area contributed by atoms with Gasteiger partial charge in [0, 0.05) is 18.8 Å². The number of carbonyl (C=O) groups is 1. The average molecular weight is 213 g/mol. The molecule has 0 aliphatic rings. The fourth-order valence-electron chi connectivity index (χ4n) is 1.81. The molecule has 1 aromatic carbocycles. The van der Waals surface area contributed by atoms with E-state index in [4.69, 9.17) is 0 Å². The van der Waals surface area contributed by atoms with E-state index in [1.807, 2.05) is 62.0 Å². The maximum atomic E-state index is 12.2. The fraction of sp³-hybridized carbons (Fsp3) is 0.214. The normalized spacial score (nSPS) is 10.4. The Morgan fingerprint density at radius 1 is 1.06 bits per heavy atom. The smallest absolute Gasteiger partial charge is 0.209 e. The highest BCUT2D eigenvalue weighted by molar-refractivity contribution is 6.08. The summed E-state index contributed by atoms with van der Waals surface area (Å²) >= 11 is 0. The van der Waals surface area contributed by atoms with Gasteiger partial charge in [0.15, 0.2) is 0 Å². The largest absolute Gasteiger partial charge is 0.348 e. The Labute approximate surface area is 95.5 Å². The summed E-state index contributed by atoms with van der Waals surface area (Å²) in [7, 11) is 1.90. The number of hydrogen-bond donors (Lipinski definition) is 0. The second kappa shape index (κ2) is 3.97. The molecule has 82 valence electrons. The molecule has 0 fully saturated rings. The maximum Gasteiger partial charge on any atom is 0.209 e. The Morgan fingerprint density at radius 2 is 1.69 bits per heavy atom. The molecule has 0 saturated heterocycles. The zero-order chi connectivity index (χ0) is 11.7. The van der Waals surface area contributed by atoms with E-state index in [0.717, 1.165) is 16.8 Å². The number of nitrogens with zero attached hydrogens (tertiary/aromatic N) is 1. The van der Waals surface area contributed by atoms with Crippen LogP contribution in [0.5, 0.6) is 0 Å². The van der Waals surface area contributed by atoms with Crippen molar-refractivity contribution in [2.24, 2.45) is 7.05 Å². The highest BCUT2D eigenvalue weighted by Gasteiger charge is 2.12. The molecule has 2 nitrogen and oxygen atoms in total. The van der Waals surface area contributed by atoms with Crippen LogP contribution in [-0.2, 0) is 7.05 Å². The van der Waals surface area contributed by atoms with Crippen molar-refractivity contribution in [2.75, 3.05) is 0 Å². The minimum absolute atomic E-state index is 0.0793. The van der Waals surface area contributed by atoms with Gasteiger partial charge in [0.25, 0.3) is 0 Å². The molecule has 0 bridgehead atoms. The molecule has 1 aromatic heterocycles. The molecular formula is C14H15NO. The van der Waals surface area contributed by atoms with Crippen LogP contribution in [0.1, 0.15) is 27.2 Å². The van der Waals surface area contributed by atoms with Gasteiger partial charge in [0.1, 0.15) is 0 Å². The van der Waals surface area contributed by atoms with Crippen molar-refractivity contribution in [1.29, 1.82) is 0 Å². The molecule has 0 unspecified atom stereocenters. The summed E-state index contributed by atoms with van der Waals surface area (Å²) in [5.41, 5.74) is 3.76. The van der Waals surface area contributed by atoms with Gasteiger partial charge in [-0.2, -0.15) is 0 Å². The van der Waals surface area contributed by atoms with Crippen molar-refractivity contribution in [1.82, 2.24) is 4.57 Å². The van der Waals surface area contributed by atoms with Crippen LogP contribution in [0.4, 0.5) is 0 Å². The predicted molar refractivity (Wildman–Crippen MR) is 64.8 cm³/mol. The van der Waals surface area contributed by atoms with Crippen LogP contribution in [0, 0.1) is 13.8 Å². The highest BCUT2D eigenvalue weighted by atomic mass is 16.1. The van der Waals surface area contributed by atoms with E-state index in [9.17, 15) is 4.79 Å². The van der Waals surface area contributed by atoms with Gasteiger partial charge in [-0.15, -0.1) is 0 Å². The van der Waals surface area contributed by atoms with Crippen LogP contribution < -0.4 is 0 Å². The first-order chi connectivity index (χ1) is 7.58. The zero-order valence-electron chi connectivity index (χ0n) is 9.82. The first-order valence-electron chi connectivity index (χ1n) is 5.32. The maximum absolute atomic E-state index is 12.2. The van der Waals surface area contributed by atoms with Crippen molar-refractivity contribution < 1.29 is 4.79 Å². The molecule has 0 spiro atoms. The standard InChI is InChI=1S/C14H15NO/c1-10-4-6-12(7-5-10)14(16)13-8-11(2)9-15(13)3/h4-9H,1-3H3. The zero-order valence-corrected chi connectivity index (χ0v) is 9.82. The van der Waals surface area contributed by atoms with Gasteiger partial charge in [-0.05, 0) is 25.5 Å². The van der Waals surface area contributed by atoms with E-state index in [0.29, 0.717) is 0 Å². The van der Waals surface area contributed by atoms with Crippen LogP contribution in [0.3, 0.4) is 0 Å². The number of ketones is 1. The van der Waals surface area contributed by atoms with Gasteiger partial charge in [-0.25, -0.2) is 0 Å². The minimum atomic E-state index is 0.0793. The number of hydrogen-bond acceptors (Lipinski definition) is 1. The van der Waals surface area contributed by atoms with Gasteiger partial charge < -0.3 is 4.57 Å². The molecule has 0 radical (unpaired) electrons. The van der Waals surface area contributed by atoms with Crippen molar-refractivity contribution in [3.8, 4) is 0 Å². The summed E-state index contributed by atoms with van der Waals surface area (Å²) in [6.07, 6.45) is 1.96. The quantitative estimate of drug-likeness (QED) is 0.703.